The fraction of sp³-hybridized carbons (Fsp3) is 0.778. The summed E-state index contributed by atoms with van der Waals surface area (Å²) in [5.41, 5.74) is 1.16. The molecular weight excluding hydrogens is 260 g/mol. The van der Waals surface area contributed by atoms with Gasteiger partial charge in [-0.25, -0.2) is 0 Å². The summed E-state index contributed by atoms with van der Waals surface area (Å²) in [5, 5.41) is 8.63. The maximum Gasteiger partial charge on any atom is 0.233 e. The third kappa shape index (κ3) is 5.29. The molecule has 0 N–H and O–H groups in total. The summed E-state index contributed by atoms with van der Waals surface area (Å²) in [4.78, 5) is 0. The standard InChI is InChI=1S/C18H30N2O/c1-3-5-6-14-21-18-13-12-17(19-20-18)16-10-8-15(7-4-2)9-11-16/h12-13,15-16H,3-11,14H2,1-2H3/t15-,16-. The number of ether oxygens (including phenoxy) is 1. The van der Waals surface area contributed by atoms with Gasteiger partial charge in [-0.1, -0.05) is 39.5 Å². The predicted octanol–water partition coefficient (Wildman–Crippen LogP) is 5.12. The van der Waals surface area contributed by atoms with Crippen molar-refractivity contribution in [2.24, 2.45) is 5.92 Å². The summed E-state index contributed by atoms with van der Waals surface area (Å²) in [5.74, 6) is 2.23. The average molecular weight is 290 g/mol. The van der Waals surface area contributed by atoms with E-state index in [9.17, 15) is 0 Å². The van der Waals surface area contributed by atoms with Gasteiger partial charge in [-0.2, -0.15) is 5.10 Å². The first-order valence-corrected chi connectivity index (χ1v) is 8.79. The SMILES string of the molecule is CCCCCOc1ccc([C@H]2CC[C@H](CCC)CC2)nn1. The lowest BCUT2D eigenvalue weighted by Gasteiger charge is -2.27. The Bertz CT molecular complexity index is 383. The Hall–Kier alpha value is -1.12. The van der Waals surface area contributed by atoms with E-state index in [0.717, 1.165) is 24.6 Å². The van der Waals surface area contributed by atoms with Crippen LogP contribution in [0.15, 0.2) is 12.1 Å². The molecule has 0 aliphatic heterocycles. The molecule has 3 nitrogen and oxygen atoms in total. The Morgan fingerprint density at radius 2 is 1.81 bits per heavy atom. The lowest BCUT2D eigenvalue weighted by molar-refractivity contribution is 0.287. The Kier molecular flexibility index (Phi) is 6.98. The fourth-order valence-electron chi connectivity index (χ4n) is 3.31. The molecular formula is C18H30N2O. The Balaban J connectivity index is 1.77. The van der Waals surface area contributed by atoms with Crippen LogP contribution >= 0.6 is 0 Å². The summed E-state index contributed by atoms with van der Waals surface area (Å²) in [6, 6.07) is 4.11. The van der Waals surface area contributed by atoms with Gasteiger partial charge in [0, 0.05) is 12.0 Å². The molecule has 0 bridgehead atoms. The zero-order chi connectivity index (χ0) is 14.9. The second-order valence-electron chi connectivity index (χ2n) is 6.36. The molecule has 1 saturated carbocycles. The van der Waals surface area contributed by atoms with Crippen LogP contribution in [0.4, 0.5) is 0 Å². The van der Waals surface area contributed by atoms with Gasteiger partial charge in [-0.15, -0.1) is 5.10 Å². The number of nitrogens with zero attached hydrogens (tertiary/aromatic N) is 2. The molecule has 1 fully saturated rings. The summed E-state index contributed by atoms with van der Waals surface area (Å²) in [6.07, 6.45) is 11.5. The van der Waals surface area contributed by atoms with E-state index >= 15 is 0 Å². The van der Waals surface area contributed by atoms with Crippen molar-refractivity contribution in [1.82, 2.24) is 10.2 Å². The van der Waals surface area contributed by atoms with E-state index < -0.39 is 0 Å². The lowest BCUT2D eigenvalue weighted by atomic mass is 9.79. The van der Waals surface area contributed by atoms with Crippen LogP contribution in [-0.4, -0.2) is 16.8 Å². The second-order valence-corrected chi connectivity index (χ2v) is 6.36. The number of hydrogen-bond donors (Lipinski definition) is 0. The van der Waals surface area contributed by atoms with Crippen molar-refractivity contribution in [3.05, 3.63) is 17.8 Å². The van der Waals surface area contributed by atoms with Crippen LogP contribution in [0.5, 0.6) is 5.88 Å². The zero-order valence-electron chi connectivity index (χ0n) is 13.7. The fourth-order valence-corrected chi connectivity index (χ4v) is 3.31. The van der Waals surface area contributed by atoms with Crippen molar-refractivity contribution in [2.75, 3.05) is 6.61 Å². The van der Waals surface area contributed by atoms with Crippen LogP contribution in [0.2, 0.25) is 0 Å². The van der Waals surface area contributed by atoms with Gasteiger partial charge in [-0.3, -0.25) is 0 Å². The van der Waals surface area contributed by atoms with E-state index in [1.807, 2.05) is 6.07 Å². The minimum Gasteiger partial charge on any atom is -0.477 e. The van der Waals surface area contributed by atoms with Gasteiger partial charge in [0.15, 0.2) is 0 Å². The van der Waals surface area contributed by atoms with Crippen molar-refractivity contribution < 1.29 is 4.74 Å². The highest BCUT2D eigenvalue weighted by molar-refractivity contribution is 5.15. The van der Waals surface area contributed by atoms with Crippen LogP contribution in [0, 0.1) is 5.92 Å². The third-order valence-electron chi connectivity index (χ3n) is 4.62. The van der Waals surface area contributed by atoms with E-state index in [2.05, 4.69) is 30.1 Å². The smallest absolute Gasteiger partial charge is 0.233 e. The topological polar surface area (TPSA) is 35.0 Å². The van der Waals surface area contributed by atoms with Gasteiger partial charge in [0.1, 0.15) is 0 Å². The first kappa shape index (κ1) is 16.3. The van der Waals surface area contributed by atoms with Crippen molar-refractivity contribution in [2.45, 2.75) is 77.6 Å². The van der Waals surface area contributed by atoms with Crippen LogP contribution in [-0.2, 0) is 0 Å². The van der Waals surface area contributed by atoms with Gasteiger partial charge in [-0.05, 0) is 44.1 Å². The monoisotopic (exact) mass is 290 g/mol. The van der Waals surface area contributed by atoms with Crippen molar-refractivity contribution in [3.63, 3.8) is 0 Å². The molecule has 1 aliphatic rings. The molecule has 0 unspecified atom stereocenters. The first-order chi connectivity index (χ1) is 10.3. The van der Waals surface area contributed by atoms with E-state index in [0.29, 0.717) is 11.8 Å². The number of rotatable bonds is 8. The van der Waals surface area contributed by atoms with Crippen molar-refractivity contribution in [1.29, 1.82) is 0 Å². The summed E-state index contributed by atoms with van der Waals surface area (Å²) >= 11 is 0. The zero-order valence-corrected chi connectivity index (χ0v) is 13.7. The quantitative estimate of drug-likeness (QED) is 0.623. The lowest BCUT2D eigenvalue weighted by Crippen LogP contribution is -2.14. The molecule has 0 radical (unpaired) electrons. The molecule has 118 valence electrons. The summed E-state index contributed by atoms with van der Waals surface area (Å²) < 4.78 is 5.63. The minimum atomic E-state index is 0.611. The Morgan fingerprint density at radius 3 is 2.43 bits per heavy atom. The largest absolute Gasteiger partial charge is 0.477 e. The highest BCUT2D eigenvalue weighted by atomic mass is 16.5. The van der Waals surface area contributed by atoms with Crippen molar-refractivity contribution >= 4 is 0 Å². The van der Waals surface area contributed by atoms with E-state index in [4.69, 9.17) is 4.74 Å². The second kappa shape index (κ2) is 9.01. The van der Waals surface area contributed by atoms with Crippen LogP contribution in [0.3, 0.4) is 0 Å². The number of hydrogen-bond acceptors (Lipinski definition) is 3. The molecule has 1 aromatic heterocycles. The summed E-state index contributed by atoms with van der Waals surface area (Å²) in [6.45, 7) is 5.24. The predicted molar refractivity (Wildman–Crippen MR) is 86.7 cm³/mol. The van der Waals surface area contributed by atoms with Crippen LogP contribution in [0.1, 0.15) is 83.2 Å². The van der Waals surface area contributed by atoms with Crippen LogP contribution in [0.25, 0.3) is 0 Å². The first-order valence-electron chi connectivity index (χ1n) is 8.79. The van der Waals surface area contributed by atoms with Crippen molar-refractivity contribution in [3.8, 4) is 5.88 Å². The van der Waals surface area contributed by atoms with Gasteiger partial charge in [0.05, 0.1) is 12.3 Å². The number of unbranched alkanes of at least 4 members (excludes halogenated alkanes) is 2. The minimum absolute atomic E-state index is 0.611. The highest BCUT2D eigenvalue weighted by Gasteiger charge is 2.22. The molecule has 21 heavy (non-hydrogen) atoms. The van der Waals surface area contributed by atoms with Crippen LogP contribution < -0.4 is 4.74 Å². The molecule has 3 heteroatoms. The third-order valence-corrected chi connectivity index (χ3v) is 4.62. The van der Waals surface area contributed by atoms with E-state index in [1.165, 1.54) is 51.4 Å². The maximum atomic E-state index is 5.63. The van der Waals surface area contributed by atoms with Gasteiger partial charge >= 0.3 is 0 Å². The highest BCUT2D eigenvalue weighted by Crippen LogP contribution is 2.36. The van der Waals surface area contributed by atoms with E-state index in [1.54, 1.807) is 0 Å². The van der Waals surface area contributed by atoms with Gasteiger partial charge in [0.25, 0.3) is 0 Å². The molecule has 2 rings (SSSR count). The molecule has 0 amide bonds. The Labute approximate surface area is 129 Å². The molecule has 0 saturated heterocycles. The molecule has 0 aromatic carbocycles. The number of aromatic nitrogens is 2. The van der Waals surface area contributed by atoms with E-state index in [-0.39, 0.29) is 0 Å². The maximum absolute atomic E-state index is 5.63. The normalized spacial score (nSPS) is 22.2. The Morgan fingerprint density at radius 1 is 1.00 bits per heavy atom. The molecule has 1 aromatic rings. The summed E-state index contributed by atoms with van der Waals surface area (Å²) in [7, 11) is 0. The molecule has 1 heterocycles. The molecule has 0 atom stereocenters. The van der Waals surface area contributed by atoms with Gasteiger partial charge in [0.2, 0.25) is 5.88 Å². The average Bonchev–Trinajstić information content (AvgIpc) is 2.53. The van der Waals surface area contributed by atoms with Gasteiger partial charge < -0.3 is 4.74 Å². The molecule has 1 aliphatic carbocycles. The molecule has 0 spiro atoms.